The first-order valence-electron chi connectivity index (χ1n) is 8.51. The highest BCUT2D eigenvalue weighted by atomic mass is 16.5. The molecular formula is C17H22N4O3. The molecule has 24 heavy (non-hydrogen) atoms. The molecule has 0 saturated carbocycles. The van der Waals surface area contributed by atoms with Crippen LogP contribution in [-0.4, -0.2) is 71.7 Å². The number of piperidine rings is 1. The lowest BCUT2D eigenvalue weighted by Gasteiger charge is -2.36. The number of methoxy groups -OCH3 is 1. The van der Waals surface area contributed by atoms with E-state index in [0.29, 0.717) is 13.0 Å². The number of carbonyl (C=O) groups excluding carboxylic acids is 2. The summed E-state index contributed by atoms with van der Waals surface area (Å²) in [6, 6.07) is 5.41. The molecule has 7 heteroatoms. The third-order valence-corrected chi connectivity index (χ3v) is 5.37. The van der Waals surface area contributed by atoms with E-state index in [-0.39, 0.29) is 30.1 Å². The van der Waals surface area contributed by atoms with Crippen molar-refractivity contribution in [3.8, 4) is 0 Å². The van der Waals surface area contributed by atoms with E-state index in [1.165, 1.54) is 4.90 Å². The van der Waals surface area contributed by atoms with E-state index in [2.05, 4.69) is 9.88 Å². The highest BCUT2D eigenvalue weighted by Crippen LogP contribution is 2.32. The van der Waals surface area contributed by atoms with Crippen LogP contribution in [0.2, 0.25) is 0 Å². The van der Waals surface area contributed by atoms with Gasteiger partial charge in [-0.2, -0.15) is 0 Å². The van der Waals surface area contributed by atoms with Crippen LogP contribution in [0.5, 0.6) is 0 Å². The Balaban J connectivity index is 1.42. The number of anilines is 1. The van der Waals surface area contributed by atoms with Crippen molar-refractivity contribution in [3.63, 3.8) is 0 Å². The van der Waals surface area contributed by atoms with Gasteiger partial charge in [0, 0.05) is 45.4 Å². The fraction of sp³-hybridized carbons (Fsp3) is 0.588. The van der Waals surface area contributed by atoms with Crippen molar-refractivity contribution in [1.29, 1.82) is 0 Å². The quantitative estimate of drug-likeness (QED) is 0.777. The molecule has 3 amide bonds. The number of pyridine rings is 1. The van der Waals surface area contributed by atoms with Gasteiger partial charge in [0.05, 0.1) is 6.10 Å². The zero-order chi connectivity index (χ0) is 16.7. The molecular weight excluding hydrogens is 308 g/mol. The molecule has 0 spiro atoms. The van der Waals surface area contributed by atoms with Gasteiger partial charge >= 0.3 is 6.03 Å². The first-order chi connectivity index (χ1) is 11.7. The SMILES string of the molecule is CO[C@H]1C[C@@H]2C(=O)N(C3CCN(c4ccccn4)CC3)C(=O)N2C1. The predicted molar refractivity (Wildman–Crippen MR) is 87.6 cm³/mol. The lowest BCUT2D eigenvalue weighted by Crippen LogP contribution is -2.49. The summed E-state index contributed by atoms with van der Waals surface area (Å²) < 4.78 is 5.31. The Labute approximate surface area is 141 Å². The average molecular weight is 330 g/mol. The number of carbonyl (C=O) groups is 2. The molecule has 0 radical (unpaired) electrons. The molecule has 0 aromatic carbocycles. The van der Waals surface area contributed by atoms with Gasteiger partial charge in [0.15, 0.2) is 0 Å². The summed E-state index contributed by atoms with van der Waals surface area (Å²) in [5.74, 6) is 0.911. The average Bonchev–Trinajstić information content (AvgIpc) is 3.16. The number of aromatic nitrogens is 1. The van der Waals surface area contributed by atoms with Gasteiger partial charge < -0.3 is 14.5 Å². The smallest absolute Gasteiger partial charge is 0.327 e. The number of nitrogens with zero attached hydrogens (tertiary/aromatic N) is 4. The van der Waals surface area contributed by atoms with E-state index in [0.717, 1.165) is 31.7 Å². The third kappa shape index (κ3) is 2.43. The number of hydrogen-bond donors (Lipinski definition) is 0. The van der Waals surface area contributed by atoms with E-state index in [1.54, 1.807) is 18.2 Å². The molecule has 0 aliphatic carbocycles. The van der Waals surface area contributed by atoms with Crippen LogP contribution in [0.15, 0.2) is 24.4 Å². The maximum Gasteiger partial charge on any atom is 0.327 e. The van der Waals surface area contributed by atoms with Crippen molar-refractivity contribution in [2.45, 2.75) is 37.5 Å². The van der Waals surface area contributed by atoms with Crippen LogP contribution < -0.4 is 4.90 Å². The molecule has 3 aliphatic heterocycles. The molecule has 3 saturated heterocycles. The van der Waals surface area contributed by atoms with Crippen molar-refractivity contribution in [2.75, 3.05) is 31.6 Å². The van der Waals surface area contributed by atoms with Gasteiger partial charge in [-0.25, -0.2) is 9.78 Å². The second-order valence-electron chi connectivity index (χ2n) is 6.66. The second kappa shape index (κ2) is 6.05. The minimum absolute atomic E-state index is 0.00319. The molecule has 3 aliphatic rings. The molecule has 1 aromatic rings. The maximum atomic E-state index is 12.7. The second-order valence-corrected chi connectivity index (χ2v) is 6.66. The monoisotopic (exact) mass is 330 g/mol. The molecule has 7 nitrogen and oxygen atoms in total. The molecule has 0 N–H and O–H groups in total. The molecule has 2 atom stereocenters. The van der Waals surface area contributed by atoms with E-state index in [4.69, 9.17) is 4.74 Å². The van der Waals surface area contributed by atoms with E-state index in [1.807, 2.05) is 18.2 Å². The predicted octanol–water partition coefficient (Wildman–Crippen LogP) is 1.10. The molecule has 0 bridgehead atoms. The topological polar surface area (TPSA) is 66.0 Å². The Kier molecular flexibility index (Phi) is 3.88. The van der Waals surface area contributed by atoms with Crippen molar-refractivity contribution in [3.05, 3.63) is 24.4 Å². The Morgan fingerprint density at radius 1 is 1.21 bits per heavy atom. The lowest BCUT2D eigenvalue weighted by atomic mass is 10.0. The molecule has 4 rings (SSSR count). The first-order valence-corrected chi connectivity index (χ1v) is 8.51. The third-order valence-electron chi connectivity index (χ3n) is 5.37. The van der Waals surface area contributed by atoms with Crippen LogP contribution in [0.25, 0.3) is 0 Å². The van der Waals surface area contributed by atoms with Crippen LogP contribution >= 0.6 is 0 Å². The van der Waals surface area contributed by atoms with Crippen LogP contribution in [0.3, 0.4) is 0 Å². The van der Waals surface area contributed by atoms with Crippen molar-refractivity contribution in [1.82, 2.24) is 14.8 Å². The van der Waals surface area contributed by atoms with Crippen LogP contribution in [-0.2, 0) is 9.53 Å². The number of rotatable bonds is 3. The minimum Gasteiger partial charge on any atom is -0.380 e. The fourth-order valence-electron chi connectivity index (χ4n) is 4.04. The molecule has 0 unspecified atom stereocenters. The van der Waals surface area contributed by atoms with Crippen LogP contribution in [0, 0.1) is 0 Å². The van der Waals surface area contributed by atoms with Gasteiger partial charge in [0.2, 0.25) is 0 Å². The fourth-order valence-corrected chi connectivity index (χ4v) is 4.04. The summed E-state index contributed by atoms with van der Waals surface area (Å²) in [5, 5.41) is 0. The first kappa shape index (κ1) is 15.4. The number of amides is 3. The van der Waals surface area contributed by atoms with E-state index < -0.39 is 0 Å². The number of ether oxygens (including phenoxy) is 1. The maximum absolute atomic E-state index is 12.7. The highest BCUT2D eigenvalue weighted by molar-refractivity contribution is 6.05. The van der Waals surface area contributed by atoms with Crippen LogP contribution in [0.1, 0.15) is 19.3 Å². The van der Waals surface area contributed by atoms with Crippen LogP contribution in [0.4, 0.5) is 10.6 Å². The molecule has 1 aromatic heterocycles. The normalized spacial score (nSPS) is 28.0. The standard InChI is InChI=1S/C17H22N4O3/c1-24-13-10-14-16(22)21(17(23)20(14)11-13)12-5-8-19(9-6-12)15-4-2-3-7-18-15/h2-4,7,12-14H,5-6,8-11H2,1H3/t13-,14+/m0/s1. The van der Waals surface area contributed by atoms with Gasteiger partial charge in [0.25, 0.3) is 5.91 Å². The Morgan fingerprint density at radius 3 is 2.62 bits per heavy atom. The summed E-state index contributed by atoms with van der Waals surface area (Å²) >= 11 is 0. The number of imide groups is 1. The van der Waals surface area contributed by atoms with E-state index in [9.17, 15) is 9.59 Å². The summed E-state index contributed by atoms with van der Waals surface area (Å²) in [5.41, 5.74) is 0. The molecule has 128 valence electrons. The van der Waals surface area contributed by atoms with Crippen molar-refractivity contribution < 1.29 is 14.3 Å². The molecule has 3 fully saturated rings. The largest absolute Gasteiger partial charge is 0.380 e. The van der Waals surface area contributed by atoms with Crippen molar-refractivity contribution >= 4 is 17.8 Å². The highest BCUT2D eigenvalue weighted by Gasteiger charge is 2.52. The summed E-state index contributed by atoms with van der Waals surface area (Å²) in [7, 11) is 1.63. The minimum atomic E-state index is -0.323. The molecule has 4 heterocycles. The zero-order valence-corrected chi connectivity index (χ0v) is 13.8. The van der Waals surface area contributed by atoms with Gasteiger partial charge in [-0.05, 0) is 25.0 Å². The number of urea groups is 1. The van der Waals surface area contributed by atoms with Crippen molar-refractivity contribution in [2.24, 2.45) is 0 Å². The summed E-state index contributed by atoms with van der Waals surface area (Å²) in [4.78, 5) is 35.1. The lowest BCUT2D eigenvalue weighted by molar-refractivity contribution is -0.130. The number of fused-ring (bicyclic) bond motifs is 1. The summed E-state index contributed by atoms with van der Waals surface area (Å²) in [6.07, 6.45) is 3.97. The zero-order valence-electron chi connectivity index (χ0n) is 13.8. The Morgan fingerprint density at radius 2 is 2.00 bits per heavy atom. The van der Waals surface area contributed by atoms with Gasteiger partial charge in [-0.15, -0.1) is 0 Å². The van der Waals surface area contributed by atoms with Gasteiger partial charge in [-0.1, -0.05) is 6.07 Å². The number of hydrogen-bond acceptors (Lipinski definition) is 5. The van der Waals surface area contributed by atoms with Gasteiger partial charge in [-0.3, -0.25) is 9.69 Å². The Hall–Kier alpha value is -2.15. The van der Waals surface area contributed by atoms with Gasteiger partial charge in [0.1, 0.15) is 11.9 Å². The Bertz CT molecular complexity index is 606. The van der Waals surface area contributed by atoms with E-state index >= 15 is 0 Å². The summed E-state index contributed by atoms with van der Waals surface area (Å²) in [6.45, 7) is 2.14.